The highest BCUT2D eigenvalue weighted by atomic mass is 79.9. The molecule has 2 aromatic heterocycles. The van der Waals surface area contributed by atoms with E-state index in [-0.39, 0.29) is 17.1 Å². The number of hydrogen-bond donors (Lipinski definition) is 1. The van der Waals surface area contributed by atoms with Gasteiger partial charge in [-0.3, -0.25) is 4.79 Å². The van der Waals surface area contributed by atoms with Crippen molar-refractivity contribution in [2.75, 3.05) is 13.7 Å². The van der Waals surface area contributed by atoms with E-state index in [9.17, 15) is 9.90 Å². The molecule has 2 heterocycles. The molecular formula is C26H20BrN3O5. The summed E-state index contributed by atoms with van der Waals surface area (Å²) < 4.78 is 18.7. The van der Waals surface area contributed by atoms with Crippen LogP contribution in [-0.4, -0.2) is 34.7 Å². The minimum Gasteiger partial charge on any atom is -0.504 e. The van der Waals surface area contributed by atoms with Gasteiger partial charge in [0.25, 0.3) is 5.56 Å². The summed E-state index contributed by atoms with van der Waals surface area (Å²) in [6, 6.07) is 17.5. The predicted octanol–water partition coefficient (Wildman–Crippen LogP) is 5.57. The number of phenols is 1. The van der Waals surface area contributed by atoms with E-state index >= 15 is 0 Å². The van der Waals surface area contributed by atoms with Gasteiger partial charge in [-0.1, -0.05) is 18.2 Å². The van der Waals surface area contributed by atoms with Crippen LogP contribution in [0.4, 0.5) is 0 Å². The van der Waals surface area contributed by atoms with Crippen molar-refractivity contribution < 1.29 is 19.0 Å². The highest BCUT2D eigenvalue weighted by Gasteiger charge is 2.18. The van der Waals surface area contributed by atoms with Crippen LogP contribution in [0.1, 0.15) is 12.5 Å². The van der Waals surface area contributed by atoms with E-state index in [1.165, 1.54) is 17.0 Å². The second-order valence-corrected chi connectivity index (χ2v) is 8.43. The number of para-hydroxylation sites is 1. The van der Waals surface area contributed by atoms with Gasteiger partial charge in [0.2, 0.25) is 5.82 Å². The maximum absolute atomic E-state index is 13.5. The molecule has 0 bridgehead atoms. The normalized spacial score (nSPS) is 11.5. The second-order valence-electron chi connectivity index (χ2n) is 7.57. The van der Waals surface area contributed by atoms with E-state index in [1.807, 2.05) is 31.2 Å². The Morgan fingerprint density at radius 3 is 2.74 bits per heavy atom. The summed E-state index contributed by atoms with van der Waals surface area (Å²) in [6.07, 6.45) is 1.50. The number of fused-ring (bicyclic) bond motifs is 2. The maximum Gasteiger partial charge on any atom is 0.282 e. The smallest absolute Gasteiger partial charge is 0.282 e. The van der Waals surface area contributed by atoms with Crippen LogP contribution in [-0.2, 0) is 0 Å². The van der Waals surface area contributed by atoms with E-state index in [2.05, 4.69) is 21.0 Å². The fourth-order valence-electron chi connectivity index (χ4n) is 3.76. The van der Waals surface area contributed by atoms with E-state index in [0.29, 0.717) is 50.4 Å². The maximum atomic E-state index is 13.5. The molecule has 3 aromatic carbocycles. The number of benzene rings is 3. The van der Waals surface area contributed by atoms with Gasteiger partial charge in [-0.2, -0.15) is 9.78 Å². The third-order valence-electron chi connectivity index (χ3n) is 5.41. The van der Waals surface area contributed by atoms with Crippen LogP contribution < -0.4 is 15.0 Å². The van der Waals surface area contributed by atoms with Gasteiger partial charge < -0.3 is 19.0 Å². The molecule has 176 valence electrons. The zero-order valence-corrected chi connectivity index (χ0v) is 20.4. The molecule has 0 aliphatic carbocycles. The van der Waals surface area contributed by atoms with Crippen molar-refractivity contribution in [1.29, 1.82) is 0 Å². The molecule has 8 nitrogen and oxygen atoms in total. The van der Waals surface area contributed by atoms with Crippen LogP contribution in [0.2, 0.25) is 0 Å². The van der Waals surface area contributed by atoms with Gasteiger partial charge in [-0.25, -0.2) is 4.98 Å². The van der Waals surface area contributed by atoms with Crippen LogP contribution in [0, 0.1) is 0 Å². The molecule has 0 amide bonds. The Morgan fingerprint density at radius 1 is 1.11 bits per heavy atom. The number of ether oxygens (including phenoxy) is 2. The summed E-state index contributed by atoms with van der Waals surface area (Å²) in [5.41, 5.74) is 1.37. The van der Waals surface area contributed by atoms with Gasteiger partial charge in [0.05, 0.1) is 36.2 Å². The zero-order valence-electron chi connectivity index (χ0n) is 18.9. The predicted molar refractivity (Wildman–Crippen MR) is 138 cm³/mol. The molecule has 5 rings (SSSR count). The SMILES string of the molecule is CCOc1cc(C=Nn2c(-c3cc4c(OC)cccc4o3)nc3ccccc3c2=O)c(Br)cc1O. The Balaban J connectivity index is 1.71. The fourth-order valence-corrected chi connectivity index (χ4v) is 4.19. The Hall–Kier alpha value is -4.11. The first-order valence-electron chi connectivity index (χ1n) is 10.8. The highest BCUT2D eigenvalue weighted by molar-refractivity contribution is 9.10. The fraction of sp³-hybridized carbons (Fsp3) is 0.115. The molecule has 0 saturated carbocycles. The number of halogens is 1. The third kappa shape index (κ3) is 4.15. The van der Waals surface area contributed by atoms with Gasteiger partial charge in [-0.05, 0) is 65.3 Å². The molecular weight excluding hydrogens is 514 g/mol. The average molecular weight is 534 g/mol. The lowest BCUT2D eigenvalue weighted by Gasteiger charge is -2.09. The summed E-state index contributed by atoms with van der Waals surface area (Å²) >= 11 is 3.42. The number of rotatable bonds is 6. The molecule has 1 N–H and O–H groups in total. The third-order valence-corrected chi connectivity index (χ3v) is 6.09. The van der Waals surface area contributed by atoms with Gasteiger partial charge >= 0.3 is 0 Å². The molecule has 0 aliphatic rings. The monoisotopic (exact) mass is 533 g/mol. The number of phenolic OH excluding ortho intramolecular Hbond substituents is 1. The minimum atomic E-state index is -0.353. The molecule has 0 radical (unpaired) electrons. The lowest BCUT2D eigenvalue weighted by Crippen LogP contribution is -2.20. The molecule has 0 fully saturated rings. The van der Waals surface area contributed by atoms with Crippen molar-refractivity contribution in [3.05, 3.63) is 81.1 Å². The first-order valence-corrected chi connectivity index (χ1v) is 11.6. The van der Waals surface area contributed by atoms with Crippen LogP contribution in [0.5, 0.6) is 17.2 Å². The quantitative estimate of drug-likeness (QED) is 0.286. The summed E-state index contributed by atoms with van der Waals surface area (Å²) in [5, 5.41) is 15.8. The molecule has 0 aliphatic heterocycles. The van der Waals surface area contributed by atoms with E-state index in [1.54, 1.807) is 37.4 Å². The van der Waals surface area contributed by atoms with Gasteiger partial charge in [0.15, 0.2) is 17.3 Å². The van der Waals surface area contributed by atoms with Crippen molar-refractivity contribution >= 4 is 44.0 Å². The molecule has 9 heteroatoms. The van der Waals surface area contributed by atoms with Crippen LogP contribution in [0.15, 0.2) is 79.4 Å². The number of methoxy groups -OCH3 is 1. The van der Waals surface area contributed by atoms with Gasteiger partial charge in [0.1, 0.15) is 11.3 Å². The van der Waals surface area contributed by atoms with Gasteiger partial charge in [0, 0.05) is 10.0 Å². The van der Waals surface area contributed by atoms with Crippen LogP contribution in [0.3, 0.4) is 0 Å². The summed E-state index contributed by atoms with van der Waals surface area (Å²) in [4.78, 5) is 18.1. The molecule has 35 heavy (non-hydrogen) atoms. The summed E-state index contributed by atoms with van der Waals surface area (Å²) in [7, 11) is 1.59. The Morgan fingerprint density at radius 2 is 1.94 bits per heavy atom. The second kappa shape index (κ2) is 9.27. The lowest BCUT2D eigenvalue weighted by molar-refractivity contribution is 0.318. The Labute approximate surface area is 208 Å². The van der Waals surface area contributed by atoms with Crippen molar-refractivity contribution in [2.24, 2.45) is 5.10 Å². The number of aromatic hydroxyl groups is 1. The first-order chi connectivity index (χ1) is 17.0. The Bertz CT molecular complexity index is 1660. The largest absolute Gasteiger partial charge is 0.504 e. The number of hydrogen-bond acceptors (Lipinski definition) is 7. The van der Waals surface area contributed by atoms with E-state index in [0.717, 1.165) is 5.39 Å². The summed E-state index contributed by atoms with van der Waals surface area (Å²) in [5.74, 6) is 1.56. The van der Waals surface area contributed by atoms with Gasteiger partial charge in [-0.15, -0.1) is 0 Å². The van der Waals surface area contributed by atoms with Crippen LogP contribution >= 0.6 is 15.9 Å². The Kier molecular flexibility index (Phi) is 6.00. The molecule has 0 unspecified atom stereocenters. The van der Waals surface area contributed by atoms with E-state index in [4.69, 9.17) is 18.9 Å². The average Bonchev–Trinajstić information content (AvgIpc) is 3.30. The zero-order chi connectivity index (χ0) is 24.5. The number of nitrogens with zero attached hydrogens (tertiary/aromatic N) is 3. The standard InChI is InChI=1S/C26H20BrN3O5/c1-3-34-23-11-15(18(27)13-20(23)31)14-28-30-25(29-19-8-5-4-7-16(19)26(30)32)24-12-17-21(33-2)9-6-10-22(17)35-24/h4-14,31H,3H2,1-2H3. The van der Waals surface area contributed by atoms with Crippen molar-refractivity contribution in [3.8, 4) is 28.8 Å². The van der Waals surface area contributed by atoms with Crippen molar-refractivity contribution in [2.45, 2.75) is 6.92 Å². The summed E-state index contributed by atoms with van der Waals surface area (Å²) in [6.45, 7) is 2.21. The van der Waals surface area contributed by atoms with Crippen LogP contribution in [0.25, 0.3) is 33.5 Å². The number of aromatic nitrogens is 2. The lowest BCUT2D eigenvalue weighted by atomic mass is 10.2. The molecule has 0 saturated heterocycles. The highest BCUT2D eigenvalue weighted by Crippen LogP contribution is 2.34. The molecule has 0 atom stereocenters. The minimum absolute atomic E-state index is 0.00248. The molecule has 0 spiro atoms. The first kappa shape index (κ1) is 22.7. The molecule has 5 aromatic rings. The van der Waals surface area contributed by atoms with Crippen molar-refractivity contribution in [3.63, 3.8) is 0 Å². The van der Waals surface area contributed by atoms with E-state index < -0.39 is 0 Å². The topological polar surface area (TPSA) is 99.1 Å². The van der Waals surface area contributed by atoms with Crippen molar-refractivity contribution in [1.82, 2.24) is 9.66 Å². The number of furan rings is 1.